The van der Waals surface area contributed by atoms with Crippen molar-refractivity contribution in [2.75, 3.05) is 31.6 Å². The van der Waals surface area contributed by atoms with Gasteiger partial charge in [0.15, 0.2) is 5.82 Å². The highest BCUT2D eigenvalue weighted by atomic mass is 16.5. The van der Waals surface area contributed by atoms with Crippen LogP contribution in [0.5, 0.6) is 5.75 Å². The minimum atomic E-state index is 0.140. The Balaban J connectivity index is 1.59. The zero-order valence-corrected chi connectivity index (χ0v) is 16.4. The van der Waals surface area contributed by atoms with E-state index in [1.807, 2.05) is 62.2 Å². The Bertz CT molecular complexity index is 746. The van der Waals surface area contributed by atoms with Crippen LogP contribution in [0.15, 0.2) is 36.4 Å². The van der Waals surface area contributed by atoms with Gasteiger partial charge in [-0.15, -0.1) is 5.10 Å². The number of ether oxygens (including phenoxy) is 1. The van der Waals surface area contributed by atoms with Crippen molar-refractivity contribution < 1.29 is 9.53 Å². The number of benzene rings is 1. The van der Waals surface area contributed by atoms with Gasteiger partial charge in [0.05, 0.1) is 18.7 Å². The molecule has 1 aromatic heterocycles. The summed E-state index contributed by atoms with van der Waals surface area (Å²) < 4.78 is 5.46. The molecule has 144 valence electrons. The molecular formula is C21H28N4O2. The number of amides is 1. The minimum Gasteiger partial charge on any atom is -0.494 e. The molecule has 1 aliphatic rings. The number of piperidine rings is 1. The first kappa shape index (κ1) is 19.1. The Hall–Kier alpha value is -2.63. The summed E-state index contributed by atoms with van der Waals surface area (Å²) in [5.41, 5.74) is 1.92. The fraction of sp³-hybridized carbons (Fsp3) is 0.476. The molecular weight excluding hydrogens is 340 g/mol. The molecule has 0 spiro atoms. The van der Waals surface area contributed by atoms with Crippen LogP contribution in [0.4, 0.5) is 5.82 Å². The van der Waals surface area contributed by atoms with Crippen molar-refractivity contribution in [3.63, 3.8) is 0 Å². The molecule has 0 N–H and O–H groups in total. The van der Waals surface area contributed by atoms with E-state index in [0.29, 0.717) is 13.0 Å². The quantitative estimate of drug-likeness (QED) is 0.785. The number of carbonyl (C=O) groups is 1. The summed E-state index contributed by atoms with van der Waals surface area (Å²) in [4.78, 5) is 16.9. The number of nitrogens with zero attached hydrogens (tertiary/aromatic N) is 4. The molecule has 1 aromatic carbocycles. The maximum atomic E-state index is 12.8. The van der Waals surface area contributed by atoms with Crippen molar-refractivity contribution in [3.05, 3.63) is 47.7 Å². The molecule has 1 atom stereocenters. The number of aromatic nitrogens is 2. The molecule has 0 aliphatic carbocycles. The third kappa shape index (κ3) is 4.96. The molecule has 6 nitrogen and oxygen atoms in total. The van der Waals surface area contributed by atoms with E-state index >= 15 is 0 Å². The highest BCUT2D eigenvalue weighted by Gasteiger charge is 2.27. The Kier molecular flexibility index (Phi) is 6.27. The largest absolute Gasteiger partial charge is 0.494 e. The number of aryl methyl sites for hydroxylation is 1. The SMILES string of the molecule is CCOc1ccc(CC(=O)N(C)C2CCCN(c3ccc(C)nn3)C2)cc1. The van der Waals surface area contributed by atoms with E-state index in [1.54, 1.807) is 0 Å². The van der Waals surface area contributed by atoms with Crippen LogP contribution in [0.3, 0.4) is 0 Å². The van der Waals surface area contributed by atoms with Crippen LogP contribution in [-0.4, -0.2) is 53.8 Å². The van der Waals surface area contributed by atoms with Crippen LogP contribution < -0.4 is 9.64 Å². The fourth-order valence-electron chi connectivity index (χ4n) is 3.41. The lowest BCUT2D eigenvalue weighted by molar-refractivity contribution is -0.131. The van der Waals surface area contributed by atoms with Gasteiger partial charge in [-0.2, -0.15) is 5.10 Å². The number of anilines is 1. The van der Waals surface area contributed by atoms with Gasteiger partial charge in [0.1, 0.15) is 5.75 Å². The molecule has 0 saturated carbocycles. The highest BCUT2D eigenvalue weighted by Crippen LogP contribution is 2.21. The summed E-state index contributed by atoms with van der Waals surface area (Å²) in [6.07, 6.45) is 2.46. The number of hydrogen-bond acceptors (Lipinski definition) is 5. The molecule has 1 saturated heterocycles. The third-order valence-electron chi connectivity index (χ3n) is 5.04. The summed E-state index contributed by atoms with van der Waals surface area (Å²) in [5, 5.41) is 8.45. The van der Waals surface area contributed by atoms with Gasteiger partial charge >= 0.3 is 0 Å². The lowest BCUT2D eigenvalue weighted by atomic mass is 10.0. The van der Waals surface area contributed by atoms with Crippen LogP contribution in [0.1, 0.15) is 31.0 Å². The van der Waals surface area contributed by atoms with Gasteiger partial charge in [-0.1, -0.05) is 12.1 Å². The zero-order chi connectivity index (χ0) is 19.2. The van der Waals surface area contributed by atoms with Crippen molar-refractivity contribution in [2.24, 2.45) is 0 Å². The molecule has 1 aliphatic heterocycles. The number of carbonyl (C=O) groups excluding carboxylic acids is 1. The predicted molar refractivity (Wildman–Crippen MR) is 106 cm³/mol. The standard InChI is InChI=1S/C21H28N4O2/c1-4-27-19-10-8-17(9-11-19)14-21(26)24(3)18-6-5-13-25(15-18)20-12-7-16(2)22-23-20/h7-12,18H,4-6,13-15H2,1-3H3. The first-order valence-corrected chi connectivity index (χ1v) is 9.59. The zero-order valence-electron chi connectivity index (χ0n) is 16.4. The van der Waals surface area contributed by atoms with Gasteiger partial charge < -0.3 is 14.5 Å². The summed E-state index contributed by atoms with van der Waals surface area (Å²) >= 11 is 0. The third-order valence-corrected chi connectivity index (χ3v) is 5.04. The summed E-state index contributed by atoms with van der Waals surface area (Å²) in [6.45, 7) is 6.29. The lowest BCUT2D eigenvalue weighted by Gasteiger charge is -2.38. The number of hydrogen-bond donors (Lipinski definition) is 0. The monoisotopic (exact) mass is 368 g/mol. The highest BCUT2D eigenvalue weighted by molar-refractivity contribution is 5.79. The fourth-order valence-corrected chi connectivity index (χ4v) is 3.41. The van der Waals surface area contributed by atoms with E-state index in [2.05, 4.69) is 15.1 Å². The van der Waals surface area contributed by atoms with Crippen molar-refractivity contribution in [2.45, 2.75) is 39.2 Å². The smallest absolute Gasteiger partial charge is 0.227 e. The van der Waals surface area contributed by atoms with Gasteiger partial charge in [0.2, 0.25) is 5.91 Å². The van der Waals surface area contributed by atoms with Crippen LogP contribution in [-0.2, 0) is 11.2 Å². The Morgan fingerprint density at radius 1 is 1.22 bits per heavy atom. The van der Waals surface area contributed by atoms with Crippen molar-refractivity contribution in [1.29, 1.82) is 0 Å². The number of rotatable bonds is 6. The van der Waals surface area contributed by atoms with E-state index < -0.39 is 0 Å². The maximum absolute atomic E-state index is 12.8. The maximum Gasteiger partial charge on any atom is 0.227 e. The van der Waals surface area contributed by atoms with Gasteiger partial charge in [-0.25, -0.2) is 0 Å². The van der Waals surface area contributed by atoms with E-state index in [4.69, 9.17) is 4.74 Å². The Morgan fingerprint density at radius 2 is 2.00 bits per heavy atom. The molecule has 1 amide bonds. The number of likely N-dealkylation sites (N-methyl/N-ethyl adjacent to an activating group) is 1. The summed E-state index contributed by atoms with van der Waals surface area (Å²) in [5.74, 6) is 1.86. The van der Waals surface area contributed by atoms with Gasteiger partial charge in [-0.05, 0) is 56.5 Å². The second kappa shape index (κ2) is 8.84. The molecule has 6 heteroatoms. The second-order valence-electron chi connectivity index (χ2n) is 7.03. The van der Waals surface area contributed by atoms with Gasteiger partial charge in [0.25, 0.3) is 0 Å². The summed E-state index contributed by atoms with van der Waals surface area (Å²) in [7, 11) is 1.91. The van der Waals surface area contributed by atoms with Gasteiger partial charge in [0, 0.05) is 26.2 Å². The van der Waals surface area contributed by atoms with Crippen LogP contribution in [0.25, 0.3) is 0 Å². The Labute approximate surface area is 161 Å². The van der Waals surface area contributed by atoms with Crippen LogP contribution >= 0.6 is 0 Å². The molecule has 0 bridgehead atoms. The minimum absolute atomic E-state index is 0.140. The first-order chi connectivity index (χ1) is 13.1. The lowest BCUT2D eigenvalue weighted by Crippen LogP contribution is -2.49. The normalized spacial score (nSPS) is 16.9. The average Bonchev–Trinajstić information content (AvgIpc) is 2.70. The van der Waals surface area contributed by atoms with Crippen molar-refractivity contribution in [1.82, 2.24) is 15.1 Å². The molecule has 1 unspecified atom stereocenters. The molecule has 0 radical (unpaired) electrons. The van der Waals surface area contributed by atoms with Crippen molar-refractivity contribution in [3.8, 4) is 5.75 Å². The van der Waals surface area contributed by atoms with Crippen LogP contribution in [0, 0.1) is 6.92 Å². The first-order valence-electron chi connectivity index (χ1n) is 9.59. The molecule has 2 heterocycles. The van der Waals surface area contributed by atoms with E-state index in [0.717, 1.165) is 48.8 Å². The molecule has 2 aromatic rings. The molecule has 27 heavy (non-hydrogen) atoms. The molecule has 1 fully saturated rings. The van der Waals surface area contributed by atoms with E-state index in [9.17, 15) is 4.79 Å². The topological polar surface area (TPSA) is 58.6 Å². The predicted octanol–water partition coefficient (Wildman–Crippen LogP) is 2.85. The molecule has 3 rings (SSSR count). The summed E-state index contributed by atoms with van der Waals surface area (Å²) in [6, 6.07) is 11.9. The van der Waals surface area contributed by atoms with E-state index in [1.165, 1.54) is 0 Å². The van der Waals surface area contributed by atoms with Gasteiger partial charge in [-0.3, -0.25) is 4.79 Å². The van der Waals surface area contributed by atoms with Crippen molar-refractivity contribution >= 4 is 11.7 Å². The Morgan fingerprint density at radius 3 is 2.67 bits per heavy atom. The van der Waals surface area contributed by atoms with Crippen LogP contribution in [0.2, 0.25) is 0 Å². The second-order valence-corrected chi connectivity index (χ2v) is 7.03. The van der Waals surface area contributed by atoms with E-state index in [-0.39, 0.29) is 11.9 Å². The average molecular weight is 368 g/mol.